The molecule has 2 aromatic carbocycles. The van der Waals surface area contributed by atoms with Crippen LogP contribution in [-0.2, 0) is 39.1 Å². The number of sulfonamides is 1. The van der Waals surface area contributed by atoms with Crippen molar-refractivity contribution in [1.29, 1.82) is 0 Å². The second-order valence-electron chi connectivity index (χ2n) is 7.88. The lowest BCUT2D eigenvalue weighted by Crippen LogP contribution is -2.35. The minimum Gasteiger partial charge on any atom is -0.379 e. The molecule has 0 radical (unpaired) electrons. The quantitative estimate of drug-likeness (QED) is 0.504. The number of hydrogen-bond donors (Lipinski definition) is 2. The van der Waals surface area contributed by atoms with Crippen LogP contribution in [0.1, 0.15) is 16.8 Å². The molecule has 33 heavy (non-hydrogen) atoms. The van der Waals surface area contributed by atoms with Crippen molar-refractivity contribution in [3.8, 4) is 10.6 Å². The van der Waals surface area contributed by atoms with Gasteiger partial charge in [-0.05, 0) is 29.3 Å². The summed E-state index contributed by atoms with van der Waals surface area (Å²) in [7, 11) is -3.72. The van der Waals surface area contributed by atoms with Crippen molar-refractivity contribution in [2.45, 2.75) is 24.4 Å². The Morgan fingerprint density at radius 1 is 1.12 bits per heavy atom. The first kappa shape index (κ1) is 23.5. The maximum atomic E-state index is 12.4. The summed E-state index contributed by atoms with van der Waals surface area (Å²) in [6, 6.07) is 14.5. The normalized spacial score (nSPS) is 14.8. The fourth-order valence-electron chi connectivity index (χ4n) is 3.57. The van der Waals surface area contributed by atoms with Gasteiger partial charge in [-0.15, -0.1) is 11.3 Å². The highest BCUT2D eigenvalue weighted by Crippen LogP contribution is 2.25. The lowest BCUT2D eigenvalue weighted by atomic mass is 10.1. The van der Waals surface area contributed by atoms with E-state index in [4.69, 9.17) is 9.88 Å². The third-order valence-corrected chi connectivity index (χ3v) is 7.19. The number of nitrogens with zero attached hydrogens (tertiary/aromatic N) is 2. The molecule has 1 saturated heterocycles. The number of ether oxygens (including phenoxy) is 1. The first-order valence-electron chi connectivity index (χ1n) is 10.6. The average Bonchev–Trinajstić information content (AvgIpc) is 3.27. The summed E-state index contributed by atoms with van der Waals surface area (Å²) in [5, 5.41) is 10.7. The summed E-state index contributed by atoms with van der Waals surface area (Å²) >= 11 is 1.52. The Kier molecular flexibility index (Phi) is 7.51. The first-order valence-corrected chi connectivity index (χ1v) is 13.0. The SMILES string of the molecule is NS(=O)(=O)c1ccc(CNC(=O)Cc2csc(-c3cccc(CN4CCOCC4)c3)n2)cc1. The number of carbonyl (C=O) groups is 1. The van der Waals surface area contributed by atoms with Gasteiger partial charge in [-0.25, -0.2) is 18.5 Å². The van der Waals surface area contributed by atoms with Crippen LogP contribution in [0.25, 0.3) is 10.6 Å². The summed E-state index contributed by atoms with van der Waals surface area (Å²) in [6.45, 7) is 4.62. The number of benzene rings is 2. The Morgan fingerprint density at radius 3 is 2.61 bits per heavy atom. The molecule has 1 amide bonds. The highest BCUT2D eigenvalue weighted by atomic mass is 32.2. The van der Waals surface area contributed by atoms with E-state index in [2.05, 4.69) is 27.3 Å². The number of morpholine rings is 1. The van der Waals surface area contributed by atoms with Gasteiger partial charge in [0.15, 0.2) is 0 Å². The number of aromatic nitrogens is 1. The van der Waals surface area contributed by atoms with Crippen LogP contribution in [0.2, 0.25) is 0 Å². The number of nitrogens with one attached hydrogen (secondary N) is 1. The zero-order valence-electron chi connectivity index (χ0n) is 18.1. The molecular weight excluding hydrogens is 460 g/mol. The van der Waals surface area contributed by atoms with Gasteiger partial charge in [0.2, 0.25) is 15.9 Å². The second kappa shape index (κ2) is 10.5. The van der Waals surface area contributed by atoms with E-state index in [9.17, 15) is 13.2 Å². The van der Waals surface area contributed by atoms with Crippen LogP contribution in [0.4, 0.5) is 0 Å². The van der Waals surface area contributed by atoms with E-state index < -0.39 is 10.0 Å². The van der Waals surface area contributed by atoms with Gasteiger partial charge in [-0.2, -0.15) is 0 Å². The highest BCUT2D eigenvalue weighted by Gasteiger charge is 2.13. The van der Waals surface area contributed by atoms with Crippen molar-refractivity contribution in [2.75, 3.05) is 26.3 Å². The Morgan fingerprint density at radius 2 is 1.88 bits per heavy atom. The Balaban J connectivity index is 1.32. The van der Waals surface area contributed by atoms with Gasteiger partial charge in [-0.1, -0.05) is 30.3 Å². The van der Waals surface area contributed by atoms with Crippen LogP contribution in [0, 0.1) is 0 Å². The van der Waals surface area contributed by atoms with Crippen molar-refractivity contribution in [3.05, 3.63) is 70.7 Å². The van der Waals surface area contributed by atoms with Crippen LogP contribution in [-0.4, -0.2) is 50.5 Å². The number of amides is 1. The molecule has 174 valence electrons. The van der Waals surface area contributed by atoms with E-state index in [1.165, 1.54) is 29.0 Å². The average molecular weight is 487 g/mol. The Hall–Kier alpha value is -2.63. The minimum absolute atomic E-state index is 0.0431. The smallest absolute Gasteiger partial charge is 0.238 e. The summed E-state index contributed by atoms with van der Waals surface area (Å²) in [5.74, 6) is -0.150. The zero-order chi connectivity index (χ0) is 23.3. The fourth-order valence-corrected chi connectivity index (χ4v) is 4.90. The molecule has 3 N–H and O–H groups in total. The van der Waals surface area contributed by atoms with E-state index in [0.29, 0.717) is 6.54 Å². The van der Waals surface area contributed by atoms with E-state index in [1.807, 2.05) is 17.5 Å². The molecule has 0 saturated carbocycles. The number of hydrogen-bond acceptors (Lipinski definition) is 7. The van der Waals surface area contributed by atoms with E-state index in [1.54, 1.807) is 12.1 Å². The monoisotopic (exact) mass is 486 g/mol. The molecular formula is C23H26N4O4S2. The van der Waals surface area contributed by atoms with Crippen molar-refractivity contribution in [1.82, 2.24) is 15.2 Å². The van der Waals surface area contributed by atoms with Gasteiger partial charge in [-0.3, -0.25) is 9.69 Å². The number of nitrogens with two attached hydrogens (primary N) is 1. The van der Waals surface area contributed by atoms with E-state index in [0.717, 1.165) is 54.7 Å². The number of primary sulfonamides is 1. The topological polar surface area (TPSA) is 115 Å². The van der Waals surface area contributed by atoms with Crippen LogP contribution >= 0.6 is 11.3 Å². The van der Waals surface area contributed by atoms with Crippen molar-refractivity contribution in [2.24, 2.45) is 5.14 Å². The number of rotatable bonds is 8. The molecule has 1 fully saturated rings. The molecule has 0 unspecified atom stereocenters. The van der Waals surface area contributed by atoms with Crippen molar-refractivity contribution >= 4 is 27.3 Å². The molecule has 2 heterocycles. The van der Waals surface area contributed by atoms with Crippen LogP contribution in [0.15, 0.2) is 58.8 Å². The molecule has 1 aromatic heterocycles. The van der Waals surface area contributed by atoms with Crippen LogP contribution in [0.3, 0.4) is 0 Å². The molecule has 8 nitrogen and oxygen atoms in total. The third kappa shape index (κ3) is 6.68. The van der Waals surface area contributed by atoms with Gasteiger partial charge in [0.1, 0.15) is 5.01 Å². The molecule has 4 rings (SSSR count). The lowest BCUT2D eigenvalue weighted by molar-refractivity contribution is -0.120. The maximum absolute atomic E-state index is 12.4. The molecule has 1 aliphatic heterocycles. The molecule has 0 aliphatic carbocycles. The van der Waals surface area contributed by atoms with Gasteiger partial charge >= 0.3 is 0 Å². The Labute approximate surface area is 197 Å². The molecule has 0 bridgehead atoms. The minimum atomic E-state index is -3.72. The van der Waals surface area contributed by atoms with Gasteiger partial charge < -0.3 is 10.1 Å². The van der Waals surface area contributed by atoms with Crippen molar-refractivity contribution in [3.63, 3.8) is 0 Å². The van der Waals surface area contributed by atoms with Gasteiger partial charge in [0.05, 0.1) is 30.2 Å². The standard InChI is InChI=1S/C23H26N4O4S2/c24-33(29,30)21-6-4-17(5-7-21)14-25-22(28)13-20-16-32-23(26-20)19-3-1-2-18(12-19)15-27-8-10-31-11-9-27/h1-7,12,16H,8-11,13-15H2,(H,25,28)(H2,24,29,30). The van der Waals surface area contributed by atoms with Crippen LogP contribution < -0.4 is 10.5 Å². The summed E-state index contributed by atoms with van der Waals surface area (Å²) in [5.41, 5.74) is 3.78. The third-order valence-electron chi connectivity index (χ3n) is 5.32. The first-order chi connectivity index (χ1) is 15.9. The number of thiazole rings is 1. The van der Waals surface area contributed by atoms with Crippen molar-refractivity contribution < 1.29 is 17.9 Å². The summed E-state index contributed by atoms with van der Waals surface area (Å²) in [4.78, 5) is 19.4. The van der Waals surface area contributed by atoms with E-state index >= 15 is 0 Å². The largest absolute Gasteiger partial charge is 0.379 e. The molecule has 3 aromatic rings. The predicted octanol–water partition coefficient (Wildman–Crippen LogP) is 2.15. The van der Waals surface area contributed by atoms with Gasteiger partial charge in [0.25, 0.3) is 0 Å². The molecule has 10 heteroatoms. The second-order valence-corrected chi connectivity index (χ2v) is 10.3. The number of carbonyl (C=O) groups excluding carboxylic acids is 1. The lowest BCUT2D eigenvalue weighted by Gasteiger charge is -2.26. The fraction of sp³-hybridized carbons (Fsp3) is 0.304. The maximum Gasteiger partial charge on any atom is 0.238 e. The van der Waals surface area contributed by atoms with E-state index in [-0.39, 0.29) is 17.2 Å². The van der Waals surface area contributed by atoms with Crippen LogP contribution in [0.5, 0.6) is 0 Å². The Bertz CT molecular complexity index is 1200. The summed E-state index contributed by atoms with van der Waals surface area (Å²) in [6.07, 6.45) is 0.180. The van der Waals surface area contributed by atoms with Gasteiger partial charge in [0, 0.05) is 37.1 Å². The summed E-state index contributed by atoms with van der Waals surface area (Å²) < 4.78 is 28.1. The zero-order valence-corrected chi connectivity index (χ0v) is 19.7. The molecule has 0 atom stereocenters. The highest BCUT2D eigenvalue weighted by molar-refractivity contribution is 7.89. The molecule has 1 aliphatic rings. The predicted molar refractivity (Wildman–Crippen MR) is 127 cm³/mol. The molecule has 0 spiro atoms.